The number of imide groups is 1. The number of rotatable bonds is 8. The van der Waals surface area contributed by atoms with Crippen LogP contribution in [0.25, 0.3) is 0 Å². The molecule has 27 heavy (non-hydrogen) atoms. The Labute approximate surface area is 164 Å². The normalized spacial score (nSPS) is 16.5. The number of hydrogen-bond acceptors (Lipinski definition) is 9. The minimum Gasteiger partial charge on any atom is -0.329 e. The Kier molecular flexibility index (Phi) is 6.89. The Morgan fingerprint density at radius 1 is 1.33 bits per heavy atom. The predicted octanol–water partition coefficient (Wildman–Crippen LogP) is 1.85. The molecule has 1 aromatic heterocycles. The van der Waals surface area contributed by atoms with E-state index in [1.807, 2.05) is 0 Å². The maximum Gasteiger partial charge on any atom is 0.353 e. The molecule has 0 aromatic carbocycles. The Bertz CT molecular complexity index is 811. The zero-order chi connectivity index (χ0) is 20.2. The Balaban J connectivity index is 2.07. The fourth-order valence-electron chi connectivity index (χ4n) is 2.15. The molecule has 0 saturated carbocycles. The van der Waals surface area contributed by atoms with Gasteiger partial charge in [-0.15, -0.1) is 5.06 Å². The highest BCUT2D eigenvalue weighted by Crippen LogP contribution is 2.43. The van der Waals surface area contributed by atoms with Gasteiger partial charge in [0.1, 0.15) is 5.03 Å². The summed E-state index contributed by atoms with van der Waals surface area (Å²) in [5, 5.41) is -0.996. The van der Waals surface area contributed by atoms with Crippen molar-refractivity contribution < 1.29 is 32.2 Å². The third-order valence-corrected chi connectivity index (χ3v) is 7.78. The van der Waals surface area contributed by atoms with Crippen molar-refractivity contribution in [2.45, 2.75) is 48.1 Å². The maximum absolute atomic E-state index is 12.3. The molecule has 1 fully saturated rings. The first-order valence-corrected chi connectivity index (χ1v) is 11.5. The zero-order valence-electron chi connectivity index (χ0n) is 14.5. The number of amides is 2. The third-order valence-electron chi connectivity index (χ3n) is 3.48. The van der Waals surface area contributed by atoms with E-state index in [2.05, 4.69) is 9.82 Å². The van der Waals surface area contributed by atoms with Crippen LogP contribution in [-0.2, 0) is 29.3 Å². The van der Waals surface area contributed by atoms with Gasteiger partial charge in [0.2, 0.25) is 0 Å². The fraction of sp³-hybridized carbons (Fsp3) is 0.467. The number of hydrogen-bond donors (Lipinski definition) is 1. The molecule has 1 atom stereocenters. The number of hydroxylamine groups is 2. The monoisotopic (exact) mass is 434 g/mol. The van der Waals surface area contributed by atoms with Crippen molar-refractivity contribution in [2.24, 2.45) is 0 Å². The van der Waals surface area contributed by atoms with Crippen molar-refractivity contribution in [3.05, 3.63) is 24.4 Å². The second-order valence-electron chi connectivity index (χ2n) is 6.29. The van der Waals surface area contributed by atoms with E-state index in [0.29, 0.717) is 5.03 Å². The van der Waals surface area contributed by atoms with Gasteiger partial charge in [0.05, 0.1) is 0 Å². The largest absolute Gasteiger partial charge is 0.353 e. The minimum absolute atomic E-state index is 0.120. The van der Waals surface area contributed by atoms with Crippen LogP contribution in [0, 0.1) is 0 Å². The fourth-order valence-corrected chi connectivity index (χ4v) is 5.38. The minimum atomic E-state index is -4.82. The van der Waals surface area contributed by atoms with Crippen LogP contribution in [-0.4, -0.2) is 50.8 Å². The van der Waals surface area contributed by atoms with Crippen LogP contribution in [0.15, 0.2) is 29.4 Å². The van der Waals surface area contributed by atoms with Gasteiger partial charge in [-0.3, -0.25) is 14.1 Å². The van der Waals surface area contributed by atoms with Crippen LogP contribution in [0.5, 0.6) is 0 Å². The quantitative estimate of drug-likeness (QED) is 0.367. The van der Waals surface area contributed by atoms with E-state index in [4.69, 9.17) is 0 Å². The molecule has 1 aliphatic rings. The second-order valence-corrected chi connectivity index (χ2v) is 10.8. The van der Waals surface area contributed by atoms with Crippen molar-refractivity contribution in [1.82, 2.24) is 10.0 Å². The first-order valence-electron chi connectivity index (χ1n) is 7.80. The molecule has 1 saturated heterocycles. The van der Waals surface area contributed by atoms with Crippen LogP contribution in [0.3, 0.4) is 0 Å². The van der Waals surface area contributed by atoms with Gasteiger partial charge in [-0.1, -0.05) is 16.9 Å². The Hall–Kier alpha value is -1.63. The van der Waals surface area contributed by atoms with E-state index in [-0.39, 0.29) is 24.3 Å². The summed E-state index contributed by atoms with van der Waals surface area (Å²) < 4.78 is 32.1. The lowest BCUT2D eigenvalue weighted by Crippen LogP contribution is -2.42. The van der Waals surface area contributed by atoms with Crippen molar-refractivity contribution in [3.63, 3.8) is 0 Å². The molecule has 1 aromatic rings. The van der Waals surface area contributed by atoms with Gasteiger partial charge in [0, 0.05) is 23.8 Å². The summed E-state index contributed by atoms with van der Waals surface area (Å²) in [6.45, 7) is 3.37. The van der Waals surface area contributed by atoms with Gasteiger partial charge in [0.15, 0.2) is 5.25 Å². The average molecular weight is 435 g/mol. The third kappa shape index (κ3) is 6.19. The highest BCUT2D eigenvalue weighted by atomic mass is 33.1. The van der Waals surface area contributed by atoms with Gasteiger partial charge < -0.3 is 4.84 Å². The summed E-state index contributed by atoms with van der Waals surface area (Å²) in [5.41, 5.74) is 0. The van der Waals surface area contributed by atoms with E-state index in [1.54, 1.807) is 38.2 Å². The molecule has 1 aliphatic heterocycles. The highest BCUT2D eigenvalue weighted by Gasteiger charge is 2.42. The molecule has 2 heterocycles. The molecular weight excluding hydrogens is 416 g/mol. The summed E-state index contributed by atoms with van der Waals surface area (Å²) in [5.74, 6) is -2.85. The van der Waals surface area contributed by atoms with Crippen LogP contribution in [0.4, 0.5) is 0 Å². The number of aromatic nitrogens is 1. The molecule has 12 heteroatoms. The van der Waals surface area contributed by atoms with Crippen molar-refractivity contribution in [2.75, 3.05) is 0 Å². The first-order chi connectivity index (χ1) is 12.5. The Morgan fingerprint density at radius 3 is 2.48 bits per heavy atom. The van der Waals surface area contributed by atoms with Gasteiger partial charge in [-0.25, -0.2) is 9.78 Å². The molecule has 0 aliphatic carbocycles. The molecular formula is C15H18N2O7S3. The summed E-state index contributed by atoms with van der Waals surface area (Å²) in [6.07, 6.45) is 1.07. The number of carbonyl (C=O) groups is 3. The van der Waals surface area contributed by atoms with Gasteiger partial charge >= 0.3 is 5.97 Å². The summed E-state index contributed by atoms with van der Waals surface area (Å²) in [7, 11) is -2.27. The van der Waals surface area contributed by atoms with E-state index >= 15 is 0 Å². The molecule has 1 unspecified atom stereocenters. The lowest BCUT2D eigenvalue weighted by Gasteiger charge is -2.26. The van der Waals surface area contributed by atoms with Crippen LogP contribution in [0.2, 0.25) is 0 Å². The SMILES string of the molecule is CC(C)(CC(C(=O)ON1C(=O)CCC1=O)S(=O)(=O)O)SSc1ccccn1. The van der Waals surface area contributed by atoms with Gasteiger partial charge in [0.25, 0.3) is 21.9 Å². The maximum atomic E-state index is 12.3. The second kappa shape index (κ2) is 8.59. The standard InChI is InChI=1S/C15H18N2O7S3/c1-15(2,26-25-11-5-3-4-8-16-11)9-10(27(21,22)23)14(20)24-17-12(18)6-7-13(17)19/h3-5,8,10H,6-7,9H2,1-2H3,(H,21,22,23). The molecule has 2 amide bonds. The molecule has 0 radical (unpaired) electrons. The van der Waals surface area contributed by atoms with Crippen LogP contribution >= 0.6 is 21.6 Å². The molecule has 1 N–H and O–H groups in total. The van der Waals surface area contributed by atoms with E-state index in [0.717, 1.165) is 0 Å². The van der Waals surface area contributed by atoms with Crippen LogP contribution < -0.4 is 0 Å². The highest BCUT2D eigenvalue weighted by molar-refractivity contribution is 8.77. The van der Waals surface area contributed by atoms with Crippen molar-refractivity contribution in [1.29, 1.82) is 0 Å². The summed E-state index contributed by atoms with van der Waals surface area (Å²) in [6, 6.07) is 5.32. The average Bonchev–Trinajstić information content (AvgIpc) is 2.90. The van der Waals surface area contributed by atoms with E-state index in [1.165, 1.54) is 21.6 Å². The van der Waals surface area contributed by atoms with Gasteiger partial charge in [-0.05, 0) is 43.2 Å². The molecule has 9 nitrogen and oxygen atoms in total. The van der Waals surface area contributed by atoms with E-state index < -0.39 is 37.9 Å². The van der Waals surface area contributed by atoms with Crippen molar-refractivity contribution in [3.8, 4) is 0 Å². The smallest absolute Gasteiger partial charge is 0.329 e. The first kappa shape index (κ1) is 21.7. The summed E-state index contributed by atoms with van der Waals surface area (Å²) in [4.78, 5) is 44.1. The number of pyridine rings is 1. The van der Waals surface area contributed by atoms with Gasteiger partial charge in [-0.2, -0.15) is 8.42 Å². The lowest BCUT2D eigenvalue weighted by molar-refractivity contribution is -0.197. The topological polar surface area (TPSA) is 131 Å². The van der Waals surface area contributed by atoms with Crippen molar-refractivity contribution >= 4 is 49.5 Å². The number of carbonyl (C=O) groups excluding carboxylic acids is 3. The predicted molar refractivity (Wildman–Crippen MR) is 98.9 cm³/mol. The molecule has 2 rings (SSSR count). The molecule has 148 valence electrons. The lowest BCUT2D eigenvalue weighted by atomic mass is 10.1. The van der Waals surface area contributed by atoms with E-state index in [9.17, 15) is 27.4 Å². The number of nitrogens with zero attached hydrogens (tertiary/aromatic N) is 2. The van der Waals surface area contributed by atoms with Crippen LogP contribution in [0.1, 0.15) is 33.1 Å². The zero-order valence-corrected chi connectivity index (χ0v) is 17.0. The Morgan fingerprint density at radius 2 is 1.96 bits per heavy atom. The molecule has 0 bridgehead atoms. The summed E-state index contributed by atoms with van der Waals surface area (Å²) >= 11 is 0. The molecule has 0 spiro atoms.